The first-order valence-electron chi connectivity index (χ1n) is 6.66. The van der Waals surface area contributed by atoms with E-state index in [-0.39, 0.29) is 6.04 Å². The number of nitrogens with two attached hydrogens (primary N) is 1. The van der Waals surface area contributed by atoms with Crippen molar-refractivity contribution in [2.75, 3.05) is 0 Å². The van der Waals surface area contributed by atoms with Crippen LogP contribution in [0.15, 0.2) is 46.2 Å². The Labute approximate surface area is 144 Å². The van der Waals surface area contributed by atoms with Gasteiger partial charge in [-0.2, -0.15) is 0 Å². The lowest BCUT2D eigenvalue weighted by molar-refractivity contribution is 0.641. The third kappa shape index (κ3) is 4.80. The molecule has 2 aromatic rings. The molecule has 0 radical (unpaired) electrons. The molecule has 5 heteroatoms. The van der Waals surface area contributed by atoms with E-state index in [1.807, 2.05) is 30.3 Å². The fourth-order valence-corrected chi connectivity index (χ4v) is 3.43. The Balaban J connectivity index is 2.28. The summed E-state index contributed by atoms with van der Waals surface area (Å²) in [7, 11) is 0. The summed E-state index contributed by atoms with van der Waals surface area (Å²) in [6.07, 6.45) is 1.74. The number of halogens is 3. The Bertz CT molecular complexity index is 631. The summed E-state index contributed by atoms with van der Waals surface area (Å²) in [5.74, 6) is 0. The average Bonchev–Trinajstić information content (AvgIpc) is 2.45. The van der Waals surface area contributed by atoms with Crippen molar-refractivity contribution < 1.29 is 0 Å². The van der Waals surface area contributed by atoms with Crippen molar-refractivity contribution in [1.82, 2.24) is 0 Å². The third-order valence-electron chi connectivity index (χ3n) is 3.15. The van der Waals surface area contributed by atoms with Crippen LogP contribution in [0, 0.1) is 0 Å². The lowest BCUT2D eigenvalue weighted by Gasteiger charge is -2.14. The van der Waals surface area contributed by atoms with Crippen LogP contribution in [0.4, 0.5) is 0 Å². The van der Waals surface area contributed by atoms with Gasteiger partial charge in [-0.25, -0.2) is 0 Å². The zero-order valence-electron chi connectivity index (χ0n) is 11.6. The van der Waals surface area contributed by atoms with Crippen molar-refractivity contribution in [2.24, 2.45) is 5.73 Å². The van der Waals surface area contributed by atoms with Gasteiger partial charge >= 0.3 is 0 Å². The summed E-state index contributed by atoms with van der Waals surface area (Å²) in [5, 5.41) is 1.85. The Morgan fingerprint density at radius 2 is 1.81 bits per heavy atom. The highest BCUT2D eigenvalue weighted by Gasteiger charge is 2.10. The minimum atomic E-state index is 0.136. The summed E-state index contributed by atoms with van der Waals surface area (Å²) in [4.78, 5) is 2.18. The predicted molar refractivity (Wildman–Crippen MR) is 94.0 cm³/mol. The molecule has 0 spiro atoms. The molecule has 0 amide bonds. The summed E-state index contributed by atoms with van der Waals surface area (Å²) in [6, 6.07) is 11.7. The summed E-state index contributed by atoms with van der Waals surface area (Å²) in [5.41, 5.74) is 7.23. The Morgan fingerprint density at radius 1 is 1.05 bits per heavy atom. The highest BCUT2D eigenvalue weighted by Crippen LogP contribution is 2.35. The molecule has 0 bridgehead atoms. The normalized spacial score (nSPS) is 12.4. The maximum atomic E-state index is 6.10. The van der Waals surface area contributed by atoms with E-state index in [1.165, 1.54) is 0 Å². The molecule has 0 aliphatic carbocycles. The van der Waals surface area contributed by atoms with Gasteiger partial charge in [-0.05, 0) is 54.8 Å². The lowest BCUT2D eigenvalue weighted by atomic mass is 10.0. The highest BCUT2D eigenvalue weighted by molar-refractivity contribution is 7.99. The third-order valence-corrected chi connectivity index (χ3v) is 5.23. The van der Waals surface area contributed by atoms with Gasteiger partial charge in [0, 0.05) is 20.9 Å². The molecule has 1 atom stereocenters. The number of rotatable bonds is 5. The molecule has 2 aromatic carbocycles. The zero-order valence-corrected chi connectivity index (χ0v) is 14.7. The Kier molecular flexibility index (Phi) is 6.27. The second-order valence-corrected chi connectivity index (χ2v) is 7.17. The molecule has 21 heavy (non-hydrogen) atoms. The topological polar surface area (TPSA) is 26.0 Å². The molecule has 0 saturated carbocycles. The van der Waals surface area contributed by atoms with Crippen LogP contribution in [0.1, 0.15) is 18.9 Å². The van der Waals surface area contributed by atoms with Crippen LogP contribution in [-0.4, -0.2) is 6.04 Å². The van der Waals surface area contributed by atoms with Gasteiger partial charge in [-0.3, -0.25) is 0 Å². The van der Waals surface area contributed by atoms with E-state index >= 15 is 0 Å². The molecule has 0 fully saturated rings. The van der Waals surface area contributed by atoms with Gasteiger partial charge in [-0.15, -0.1) is 0 Å². The van der Waals surface area contributed by atoms with Gasteiger partial charge in [0.2, 0.25) is 0 Å². The molecule has 0 aliphatic heterocycles. The van der Waals surface area contributed by atoms with E-state index in [4.69, 9.17) is 40.5 Å². The summed E-state index contributed by atoms with van der Waals surface area (Å²) in [6.45, 7) is 2.08. The van der Waals surface area contributed by atoms with Gasteiger partial charge in [0.05, 0.1) is 10.0 Å². The lowest BCUT2D eigenvalue weighted by Crippen LogP contribution is -2.21. The first kappa shape index (κ1) is 17.0. The first-order valence-corrected chi connectivity index (χ1v) is 8.61. The first-order chi connectivity index (χ1) is 9.99. The molecular formula is C16H16Cl3NS. The molecule has 0 saturated heterocycles. The molecule has 0 heterocycles. The maximum Gasteiger partial charge on any atom is 0.0603 e. The summed E-state index contributed by atoms with van der Waals surface area (Å²) >= 11 is 19.8. The van der Waals surface area contributed by atoms with Gasteiger partial charge in [0.15, 0.2) is 0 Å². The van der Waals surface area contributed by atoms with Crippen molar-refractivity contribution in [2.45, 2.75) is 35.6 Å². The van der Waals surface area contributed by atoms with Crippen molar-refractivity contribution in [3.05, 3.63) is 57.0 Å². The van der Waals surface area contributed by atoms with Crippen molar-refractivity contribution in [1.29, 1.82) is 0 Å². The molecular weight excluding hydrogens is 345 g/mol. The van der Waals surface area contributed by atoms with Gasteiger partial charge in [0.1, 0.15) is 0 Å². The molecule has 112 valence electrons. The van der Waals surface area contributed by atoms with Crippen LogP contribution in [0.25, 0.3) is 0 Å². The number of hydrogen-bond donors (Lipinski definition) is 1. The van der Waals surface area contributed by atoms with Gasteiger partial charge < -0.3 is 5.73 Å². The van der Waals surface area contributed by atoms with E-state index in [0.717, 1.165) is 33.2 Å². The van der Waals surface area contributed by atoms with E-state index < -0.39 is 0 Å². The fourth-order valence-electron chi connectivity index (χ4n) is 1.90. The van der Waals surface area contributed by atoms with E-state index in [1.54, 1.807) is 17.8 Å². The van der Waals surface area contributed by atoms with Gasteiger partial charge in [-0.1, -0.05) is 53.5 Å². The number of hydrogen-bond acceptors (Lipinski definition) is 2. The maximum absolute atomic E-state index is 6.10. The smallest absolute Gasteiger partial charge is 0.0603 e. The molecule has 0 aromatic heterocycles. The second-order valence-electron chi connectivity index (χ2n) is 4.80. The van der Waals surface area contributed by atoms with Gasteiger partial charge in [0.25, 0.3) is 0 Å². The van der Waals surface area contributed by atoms with Crippen LogP contribution < -0.4 is 5.73 Å². The number of benzene rings is 2. The standard InChI is InChI=1S/C16H16Cl3NS/c1-2-12(20)8-10-7-11(17)3-6-16(10)21-13-4-5-14(18)15(19)9-13/h3-7,9,12H,2,8,20H2,1H3. The SMILES string of the molecule is CCC(N)Cc1cc(Cl)ccc1Sc1ccc(Cl)c(Cl)c1. The van der Waals surface area contributed by atoms with Crippen LogP contribution in [0.3, 0.4) is 0 Å². The molecule has 2 N–H and O–H groups in total. The van der Waals surface area contributed by atoms with E-state index in [9.17, 15) is 0 Å². The monoisotopic (exact) mass is 359 g/mol. The Hall–Kier alpha value is -0.380. The second kappa shape index (κ2) is 7.75. The summed E-state index contributed by atoms with van der Waals surface area (Å²) < 4.78 is 0. The van der Waals surface area contributed by atoms with Crippen molar-refractivity contribution >= 4 is 46.6 Å². The van der Waals surface area contributed by atoms with Crippen LogP contribution >= 0.6 is 46.6 Å². The Morgan fingerprint density at radius 3 is 2.48 bits per heavy atom. The molecule has 0 aliphatic rings. The highest BCUT2D eigenvalue weighted by atomic mass is 35.5. The fraction of sp³-hybridized carbons (Fsp3) is 0.250. The largest absolute Gasteiger partial charge is 0.327 e. The molecule has 1 nitrogen and oxygen atoms in total. The van der Waals surface area contributed by atoms with Crippen LogP contribution in [0.2, 0.25) is 15.1 Å². The quantitative estimate of drug-likeness (QED) is 0.699. The average molecular weight is 361 g/mol. The minimum Gasteiger partial charge on any atom is -0.327 e. The van der Waals surface area contributed by atoms with E-state index in [2.05, 4.69) is 6.92 Å². The van der Waals surface area contributed by atoms with E-state index in [0.29, 0.717) is 10.0 Å². The predicted octanol–water partition coefficient (Wildman–Crippen LogP) is 6.08. The van der Waals surface area contributed by atoms with Crippen LogP contribution in [0.5, 0.6) is 0 Å². The zero-order chi connectivity index (χ0) is 15.4. The molecule has 1 unspecified atom stereocenters. The van der Waals surface area contributed by atoms with Crippen LogP contribution in [-0.2, 0) is 6.42 Å². The molecule has 2 rings (SSSR count). The van der Waals surface area contributed by atoms with Crippen molar-refractivity contribution in [3.63, 3.8) is 0 Å². The van der Waals surface area contributed by atoms with Crippen molar-refractivity contribution in [3.8, 4) is 0 Å². The minimum absolute atomic E-state index is 0.136.